The third-order valence-electron chi connectivity index (χ3n) is 3.01. The molecule has 18 heavy (non-hydrogen) atoms. The standard InChI is InChI=1S/C15H13Br2Cl/c1-9-5-3-4-6-11(9)15(18)12-8-13(16)10(2)7-14(12)17/h3-8,15H,1-2H3. The molecule has 1 atom stereocenters. The molecule has 2 rings (SSSR count). The lowest BCUT2D eigenvalue weighted by molar-refractivity contribution is 1.09. The highest BCUT2D eigenvalue weighted by atomic mass is 79.9. The van der Waals surface area contributed by atoms with Crippen molar-refractivity contribution in [3.8, 4) is 0 Å². The van der Waals surface area contributed by atoms with Crippen molar-refractivity contribution < 1.29 is 0 Å². The molecular weight excluding hydrogens is 375 g/mol. The summed E-state index contributed by atoms with van der Waals surface area (Å²) in [5, 5.41) is -0.141. The molecule has 94 valence electrons. The molecule has 0 saturated carbocycles. The van der Waals surface area contributed by atoms with E-state index >= 15 is 0 Å². The minimum absolute atomic E-state index is 0.141. The number of rotatable bonds is 2. The van der Waals surface area contributed by atoms with Crippen LogP contribution in [0.5, 0.6) is 0 Å². The van der Waals surface area contributed by atoms with Crippen molar-refractivity contribution in [2.45, 2.75) is 19.2 Å². The molecule has 0 spiro atoms. The highest BCUT2D eigenvalue weighted by Gasteiger charge is 2.16. The molecule has 0 amide bonds. The predicted molar refractivity (Wildman–Crippen MR) is 85.5 cm³/mol. The molecule has 0 N–H and O–H groups in total. The van der Waals surface area contributed by atoms with Gasteiger partial charge in [-0.2, -0.15) is 0 Å². The molecule has 2 aromatic rings. The molecule has 2 aromatic carbocycles. The maximum Gasteiger partial charge on any atom is 0.0849 e. The second-order valence-corrected chi connectivity index (χ2v) is 6.49. The van der Waals surface area contributed by atoms with Crippen molar-refractivity contribution >= 4 is 43.5 Å². The summed E-state index contributed by atoms with van der Waals surface area (Å²) in [5.41, 5.74) is 4.64. The Hall–Kier alpha value is -0.310. The van der Waals surface area contributed by atoms with Crippen LogP contribution in [-0.2, 0) is 0 Å². The summed E-state index contributed by atoms with van der Waals surface area (Å²) in [6.45, 7) is 4.15. The van der Waals surface area contributed by atoms with Gasteiger partial charge in [-0.15, -0.1) is 11.6 Å². The van der Waals surface area contributed by atoms with Crippen LogP contribution >= 0.6 is 43.5 Å². The van der Waals surface area contributed by atoms with Gasteiger partial charge >= 0.3 is 0 Å². The van der Waals surface area contributed by atoms with Crippen molar-refractivity contribution in [1.82, 2.24) is 0 Å². The van der Waals surface area contributed by atoms with Crippen molar-refractivity contribution in [1.29, 1.82) is 0 Å². The summed E-state index contributed by atoms with van der Waals surface area (Å²) in [4.78, 5) is 0. The van der Waals surface area contributed by atoms with Gasteiger partial charge in [0.15, 0.2) is 0 Å². The zero-order valence-electron chi connectivity index (χ0n) is 10.2. The van der Waals surface area contributed by atoms with Gasteiger partial charge in [0.05, 0.1) is 5.38 Å². The van der Waals surface area contributed by atoms with Crippen molar-refractivity contribution in [3.63, 3.8) is 0 Å². The van der Waals surface area contributed by atoms with E-state index in [0.717, 1.165) is 20.1 Å². The summed E-state index contributed by atoms with van der Waals surface area (Å²) in [5.74, 6) is 0. The largest absolute Gasteiger partial charge is 0.113 e. The van der Waals surface area contributed by atoms with E-state index in [1.165, 1.54) is 11.1 Å². The van der Waals surface area contributed by atoms with E-state index in [0.29, 0.717) is 0 Å². The Balaban J connectivity index is 2.50. The molecule has 0 aliphatic heterocycles. The number of alkyl halides is 1. The number of hydrogen-bond acceptors (Lipinski definition) is 0. The molecule has 3 heteroatoms. The maximum absolute atomic E-state index is 6.62. The van der Waals surface area contributed by atoms with Crippen LogP contribution in [0.2, 0.25) is 0 Å². The average Bonchev–Trinajstić information content (AvgIpc) is 2.33. The maximum atomic E-state index is 6.62. The number of aryl methyl sites for hydroxylation is 2. The molecule has 0 bridgehead atoms. The second-order valence-electron chi connectivity index (χ2n) is 4.34. The first kappa shape index (κ1) is 14.1. The van der Waals surface area contributed by atoms with E-state index < -0.39 is 0 Å². The van der Waals surface area contributed by atoms with Gasteiger partial charge in [0, 0.05) is 8.95 Å². The Kier molecular flexibility index (Phi) is 4.52. The Labute approximate surface area is 130 Å². The highest BCUT2D eigenvalue weighted by molar-refractivity contribution is 9.11. The second kappa shape index (κ2) is 5.77. The van der Waals surface area contributed by atoms with Gasteiger partial charge in [0.25, 0.3) is 0 Å². The van der Waals surface area contributed by atoms with E-state index in [2.05, 4.69) is 70.0 Å². The van der Waals surface area contributed by atoms with Crippen LogP contribution in [0.15, 0.2) is 45.3 Å². The van der Waals surface area contributed by atoms with Crippen LogP contribution in [-0.4, -0.2) is 0 Å². The van der Waals surface area contributed by atoms with Crippen LogP contribution in [0.3, 0.4) is 0 Å². The van der Waals surface area contributed by atoms with Gasteiger partial charge in [-0.05, 0) is 48.2 Å². The minimum Gasteiger partial charge on any atom is -0.113 e. The summed E-state index contributed by atoms with van der Waals surface area (Å²) in [6, 6.07) is 12.4. The van der Waals surface area contributed by atoms with Gasteiger partial charge in [0.2, 0.25) is 0 Å². The lowest BCUT2D eigenvalue weighted by Gasteiger charge is -2.16. The zero-order chi connectivity index (χ0) is 13.3. The van der Waals surface area contributed by atoms with E-state index in [4.69, 9.17) is 11.6 Å². The van der Waals surface area contributed by atoms with Gasteiger partial charge in [-0.1, -0.05) is 56.1 Å². The monoisotopic (exact) mass is 386 g/mol. The molecule has 0 saturated heterocycles. The Morgan fingerprint density at radius 3 is 2.22 bits per heavy atom. The van der Waals surface area contributed by atoms with E-state index in [-0.39, 0.29) is 5.38 Å². The minimum atomic E-state index is -0.141. The van der Waals surface area contributed by atoms with Gasteiger partial charge in [-0.25, -0.2) is 0 Å². The quantitative estimate of drug-likeness (QED) is 0.541. The van der Waals surface area contributed by atoms with Gasteiger partial charge < -0.3 is 0 Å². The normalized spacial score (nSPS) is 12.5. The predicted octanol–water partition coefficient (Wildman–Crippen LogP) is 6.16. The van der Waals surface area contributed by atoms with Gasteiger partial charge in [0.1, 0.15) is 0 Å². The summed E-state index contributed by atoms with van der Waals surface area (Å²) < 4.78 is 2.13. The van der Waals surface area contributed by atoms with Crippen LogP contribution in [0.1, 0.15) is 27.6 Å². The SMILES string of the molecule is Cc1cc(Br)c(C(Cl)c2ccccc2C)cc1Br. The molecule has 0 aliphatic carbocycles. The topological polar surface area (TPSA) is 0 Å². The molecular formula is C15H13Br2Cl. The van der Waals surface area contributed by atoms with Crippen LogP contribution in [0.25, 0.3) is 0 Å². The lowest BCUT2D eigenvalue weighted by atomic mass is 9.99. The fourth-order valence-electron chi connectivity index (χ4n) is 1.89. The summed E-state index contributed by atoms with van der Waals surface area (Å²) in [7, 11) is 0. The zero-order valence-corrected chi connectivity index (χ0v) is 14.1. The fraction of sp³-hybridized carbons (Fsp3) is 0.200. The number of halogens is 3. The van der Waals surface area contributed by atoms with E-state index in [9.17, 15) is 0 Å². The molecule has 0 radical (unpaired) electrons. The molecule has 0 nitrogen and oxygen atoms in total. The fourth-order valence-corrected chi connectivity index (χ4v) is 3.50. The first-order chi connectivity index (χ1) is 8.50. The summed E-state index contributed by atoms with van der Waals surface area (Å²) in [6.07, 6.45) is 0. The third kappa shape index (κ3) is 2.81. The first-order valence-corrected chi connectivity index (χ1v) is 7.68. The molecule has 0 heterocycles. The van der Waals surface area contributed by atoms with Crippen molar-refractivity contribution in [2.75, 3.05) is 0 Å². The van der Waals surface area contributed by atoms with Gasteiger partial charge in [-0.3, -0.25) is 0 Å². The third-order valence-corrected chi connectivity index (χ3v) is 5.02. The van der Waals surface area contributed by atoms with Crippen molar-refractivity contribution in [3.05, 3.63) is 67.6 Å². The average molecular weight is 389 g/mol. The Morgan fingerprint density at radius 1 is 0.889 bits per heavy atom. The van der Waals surface area contributed by atoms with E-state index in [1.54, 1.807) is 0 Å². The lowest BCUT2D eigenvalue weighted by Crippen LogP contribution is -1.98. The van der Waals surface area contributed by atoms with Crippen molar-refractivity contribution in [2.24, 2.45) is 0 Å². The Bertz CT molecular complexity index is 579. The number of hydrogen-bond donors (Lipinski definition) is 0. The van der Waals surface area contributed by atoms with Crippen LogP contribution in [0, 0.1) is 13.8 Å². The van der Waals surface area contributed by atoms with E-state index in [1.807, 2.05) is 12.1 Å². The summed E-state index contributed by atoms with van der Waals surface area (Å²) >= 11 is 13.8. The van der Waals surface area contributed by atoms with Crippen LogP contribution < -0.4 is 0 Å². The molecule has 0 aliphatic rings. The molecule has 0 aromatic heterocycles. The Morgan fingerprint density at radius 2 is 1.56 bits per heavy atom. The molecule has 1 unspecified atom stereocenters. The smallest absolute Gasteiger partial charge is 0.0849 e. The highest BCUT2D eigenvalue weighted by Crippen LogP contribution is 2.37. The number of benzene rings is 2. The molecule has 0 fully saturated rings. The van der Waals surface area contributed by atoms with Crippen LogP contribution in [0.4, 0.5) is 0 Å². The first-order valence-electron chi connectivity index (χ1n) is 5.66.